The maximum atomic E-state index is 12.5. The molecule has 19 heavy (non-hydrogen) atoms. The molecule has 3 fully saturated rings. The Balaban J connectivity index is 1.62. The third-order valence-electron chi connectivity index (χ3n) is 5.33. The van der Waals surface area contributed by atoms with Gasteiger partial charge in [-0.1, -0.05) is 19.3 Å². The fourth-order valence-corrected chi connectivity index (χ4v) is 4.39. The van der Waals surface area contributed by atoms with E-state index in [4.69, 9.17) is 0 Å². The number of fused-ring (bicyclic) bond motifs is 2. The Morgan fingerprint density at radius 2 is 1.79 bits per heavy atom. The van der Waals surface area contributed by atoms with E-state index in [1.165, 1.54) is 32.1 Å². The second-order valence-electron chi connectivity index (χ2n) is 6.49. The molecular formula is C15H23NO3. The maximum Gasteiger partial charge on any atom is 0.308 e. The van der Waals surface area contributed by atoms with E-state index in [9.17, 15) is 14.7 Å². The van der Waals surface area contributed by atoms with E-state index in [1.807, 2.05) is 4.90 Å². The SMILES string of the molecule is O=C(O)C1CC2CCC1N2C(=O)CC1CCCCC1. The first-order valence-electron chi connectivity index (χ1n) is 7.71. The van der Waals surface area contributed by atoms with Crippen LogP contribution in [0.1, 0.15) is 57.8 Å². The van der Waals surface area contributed by atoms with Crippen molar-refractivity contribution in [1.29, 1.82) is 0 Å². The van der Waals surface area contributed by atoms with E-state index in [0.717, 1.165) is 12.8 Å². The molecule has 2 heterocycles. The zero-order chi connectivity index (χ0) is 13.4. The molecule has 1 aliphatic carbocycles. The molecule has 1 saturated carbocycles. The third-order valence-corrected chi connectivity index (χ3v) is 5.33. The minimum atomic E-state index is -0.720. The third kappa shape index (κ3) is 2.37. The molecule has 3 atom stereocenters. The maximum absolute atomic E-state index is 12.5. The van der Waals surface area contributed by atoms with E-state index < -0.39 is 5.97 Å². The standard InChI is InChI=1S/C15H23NO3/c17-14(8-10-4-2-1-3-5-10)16-11-6-7-13(16)12(9-11)15(18)19/h10-13H,1-9H2,(H,18,19). The van der Waals surface area contributed by atoms with Gasteiger partial charge in [0.25, 0.3) is 0 Å². The molecule has 2 saturated heterocycles. The molecule has 0 aromatic carbocycles. The number of amides is 1. The van der Waals surface area contributed by atoms with Crippen molar-refractivity contribution in [2.75, 3.05) is 0 Å². The average Bonchev–Trinajstić information content (AvgIpc) is 2.97. The summed E-state index contributed by atoms with van der Waals surface area (Å²) in [4.78, 5) is 25.6. The first kappa shape index (κ1) is 12.9. The number of rotatable bonds is 3. The second-order valence-corrected chi connectivity index (χ2v) is 6.49. The Bertz CT molecular complexity index is 376. The van der Waals surface area contributed by atoms with Crippen LogP contribution in [0.25, 0.3) is 0 Å². The fourth-order valence-electron chi connectivity index (χ4n) is 4.39. The summed E-state index contributed by atoms with van der Waals surface area (Å²) in [6.07, 6.45) is 9.39. The fraction of sp³-hybridized carbons (Fsp3) is 0.867. The van der Waals surface area contributed by atoms with Crippen molar-refractivity contribution in [2.24, 2.45) is 11.8 Å². The van der Waals surface area contributed by atoms with E-state index in [1.54, 1.807) is 0 Å². The summed E-state index contributed by atoms with van der Waals surface area (Å²) in [6.45, 7) is 0. The molecule has 2 bridgehead atoms. The van der Waals surface area contributed by atoms with Crippen LogP contribution in [-0.4, -0.2) is 34.0 Å². The zero-order valence-electron chi connectivity index (χ0n) is 11.4. The molecule has 3 unspecified atom stereocenters. The summed E-state index contributed by atoms with van der Waals surface area (Å²) in [6, 6.07) is 0.195. The molecule has 1 amide bonds. The molecule has 2 aliphatic heterocycles. The lowest BCUT2D eigenvalue weighted by Crippen LogP contribution is -2.38. The first-order valence-corrected chi connectivity index (χ1v) is 7.71. The lowest BCUT2D eigenvalue weighted by Gasteiger charge is -2.27. The van der Waals surface area contributed by atoms with E-state index >= 15 is 0 Å². The van der Waals surface area contributed by atoms with Gasteiger partial charge in [0.15, 0.2) is 0 Å². The molecule has 0 aromatic heterocycles. The van der Waals surface area contributed by atoms with Gasteiger partial charge in [0.05, 0.1) is 5.92 Å². The molecule has 106 valence electrons. The van der Waals surface area contributed by atoms with Gasteiger partial charge in [-0.25, -0.2) is 0 Å². The highest BCUT2D eigenvalue weighted by Gasteiger charge is 2.51. The summed E-state index contributed by atoms with van der Waals surface area (Å²) < 4.78 is 0. The molecule has 0 spiro atoms. The van der Waals surface area contributed by atoms with Crippen LogP contribution in [0.3, 0.4) is 0 Å². The van der Waals surface area contributed by atoms with Gasteiger partial charge in [0.1, 0.15) is 0 Å². The molecular weight excluding hydrogens is 242 g/mol. The predicted octanol–water partition coefficient (Wildman–Crippen LogP) is 2.42. The minimum absolute atomic E-state index is 0.0152. The van der Waals surface area contributed by atoms with Gasteiger partial charge in [-0.3, -0.25) is 9.59 Å². The molecule has 3 aliphatic rings. The number of hydrogen-bond acceptors (Lipinski definition) is 2. The van der Waals surface area contributed by atoms with E-state index in [-0.39, 0.29) is 23.9 Å². The van der Waals surface area contributed by atoms with Crippen LogP contribution in [0.4, 0.5) is 0 Å². The van der Waals surface area contributed by atoms with Gasteiger partial charge >= 0.3 is 5.97 Å². The highest BCUT2D eigenvalue weighted by molar-refractivity contribution is 5.80. The summed E-state index contributed by atoms with van der Waals surface area (Å²) in [5.74, 6) is -0.260. The molecule has 3 rings (SSSR count). The van der Waals surface area contributed by atoms with Gasteiger partial charge in [0.2, 0.25) is 5.91 Å². The van der Waals surface area contributed by atoms with Gasteiger partial charge in [-0.05, 0) is 38.0 Å². The Labute approximate surface area is 114 Å². The number of hydrogen-bond donors (Lipinski definition) is 1. The lowest BCUT2D eigenvalue weighted by atomic mass is 9.86. The van der Waals surface area contributed by atoms with Crippen molar-refractivity contribution in [3.05, 3.63) is 0 Å². The average molecular weight is 265 g/mol. The van der Waals surface area contributed by atoms with E-state index in [2.05, 4.69) is 0 Å². The first-order chi connectivity index (χ1) is 9.16. The van der Waals surface area contributed by atoms with Gasteiger partial charge in [-0.15, -0.1) is 0 Å². The van der Waals surface area contributed by atoms with Gasteiger partial charge < -0.3 is 10.0 Å². The van der Waals surface area contributed by atoms with Crippen molar-refractivity contribution < 1.29 is 14.7 Å². The highest BCUT2D eigenvalue weighted by atomic mass is 16.4. The molecule has 4 heteroatoms. The number of nitrogens with zero attached hydrogens (tertiary/aromatic N) is 1. The Kier molecular flexibility index (Phi) is 3.50. The summed E-state index contributed by atoms with van der Waals surface area (Å²) in [7, 11) is 0. The van der Waals surface area contributed by atoms with Crippen LogP contribution < -0.4 is 0 Å². The predicted molar refractivity (Wildman–Crippen MR) is 70.6 cm³/mol. The monoisotopic (exact) mass is 265 g/mol. The van der Waals surface area contributed by atoms with Gasteiger partial charge in [-0.2, -0.15) is 0 Å². The number of carboxylic acids is 1. The normalized spacial score (nSPS) is 34.7. The van der Waals surface area contributed by atoms with Crippen LogP contribution in [0.2, 0.25) is 0 Å². The second kappa shape index (κ2) is 5.14. The Morgan fingerprint density at radius 3 is 2.42 bits per heavy atom. The molecule has 4 nitrogen and oxygen atoms in total. The number of carbonyl (C=O) groups excluding carboxylic acids is 1. The van der Waals surface area contributed by atoms with Crippen LogP contribution in [-0.2, 0) is 9.59 Å². The van der Waals surface area contributed by atoms with E-state index in [0.29, 0.717) is 18.8 Å². The number of aliphatic carboxylic acids is 1. The largest absolute Gasteiger partial charge is 0.481 e. The Morgan fingerprint density at radius 1 is 1.05 bits per heavy atom. The number of carboxylic acid groups (broad SMARTS) is 1. The summed E-state index contributed by atoms with van der Waals surface area (Å²) in [5.41, 5.74) is 0. The molecule has 1 N–H and O–H groups in total. The van der Waals surface area contributed by atoms with Gasteiger partial charge in [0, 0.05) is 18.5 Å². The zero-order valence-corrected chi connectivity index (χ0v) is 11.4. The van der Waals surface area contributed by atoms with Crippen molar-refractivity contribution in [1.82, 2.24) is 4.90 Å². The van der Waals surface area contributed by atoms with Crippen molar-refractivity contribution in [2.45, 2.75) is 69.9 Å². The topological polar surface area (TPSA) is 57.6 Å². The molecule has 0 radical (unpaired) electrons. The minimum Gasteiger partial charge on any atom is -0.481 e. The van der Waals surface area contributed by atoms with Crippen LogP contribution in [0.15, 0.2) is 0 Å². The smallest absolute Gasteiger partial charge is 0.308 e. The summed E-state index contributed by atoms with van der Waals surface area (Å²) in [5, 5.41) is 9.22. The lowest BCUT2D eigenvalue weighted by molar-refractivity contribution is -0.143. The Hall–Kier alpha value is -1.06. The van der Waals surface area contributed by atoms with Crippen molar-refractivity contribution in [3.8, 4) is 0 Å². The van der Waals surface area contributed by atoms with Crippen LogP contribution >= 0.6 is 0 Å². The quantitative estimate of drug-likeness (QED) is 0.852. The number of carbonyl (C=O) groups is 2. The summed E-state index contributed by atoms with van der Waals surface area (Å²) >= 11 is 0. The van der Waals surface area contributed by atoms with Crippen molar-refractivity contribution in [3.63, 3.8) is 0 Å². The van der Waals surface area contributed by atoms with Crippen LogP contribution in [0, 0.1) is 11.8 Å². The van der Waals surface area contributed by atoms with Crippen molar-refractivity contribution >= 4 is 11.9 Å². The molecule has 0 aromatic rings. The highest BCUT2D eigenvalue weighted by Crippen LogP contribution is 2.42. The van der Waals surface area contributed by atoms with Crippen LogP contribution in [0.5, 0.6) is 0 Å².